The van der Waals surface area contributed by atoms with Crippen molar-refractivity contribution in [1.82, 2.24) is 9.80 Å². The van der Waals surface area contributed by atoms with Gasteiger partial charge in [0.2, 0.25) is 0 Å². The van der Waals surface area contributed by atoms with Crippen LogP contribution in [0.5, 0.6) is 0 Å². The number of hydrogen-bond acceptors (Lipinski definition) is 2. The maximum Gasteiger partial charge on any atom is 0.0224 e. The molecule has 2 saturated heterocycles. The standard InChI is InChI=1S/C18H34N2/c1-15(2)11-18(8-4-5-9-18)14-20-13-17-7-6-10-19(17)12-16(20)3/h15-17H,4-14H2,1-3H3. The first-order valence-corrected chi connectivity index (χ1v) is 9.06. The fraction of sp³-hybridized carbons (Fsp3) is 1.00. The average Bonchev–Trinajstić information content (AvgIpc) is 2.98. The number of piperazine rings is 1. The first kappa shape index (κ1) is 14.8. The first-order valence-electron chi connectivity index (χ1n) is 9.06. The van der Waals surface area contributed by atoms with Crippen LogP contribution in [0.3, 0.4) is 0 Å². The van der Waals surface area contributed by atoms with E-state index in [1.165, 1.54) is 71.1 Å². The van der Waals surface area contributed by atoms with Crippen molar-refractivity contribution in [2.45, 2.75) is 77.8 Å². The third-order valence-corrected chi connectivity index (χ3v) is 6.11. The predicted octanol–water partition coefficient (Wildman–Crippen LogP) is 3.76. The summed E-state index contributed by atoms with van der Waals surface area (Å²) >= 11 is 0. The molecule has 1 aliphatic carbocycles. The van der Waals surface area contributed by atoms with E-state index >= 15 is 0 Å². The second-order valence-corrected chi connectivity index (χ2v) is 8.37. The molecule has 0 aromatic carbocycles. The Morgan fingerprint density at radius 1 is 1.10 bits per heavy atom. The van der Waals surface area contributed by atoms with Crippen LogP contribution in [0.15, 0.2) is 0 Å². The Morgan fingerprint density at radius 3 is 2.55 bits per heavy atom. The Bertz CT molecular complexity index is 319. The molecule has 2 heteroatoms. The van der Waals surface area contributed by atoms with Crippen molar-refractivity contribution in [2.75, 3.05) is 26.2 Å². The van der Waals surface area contributed by atoms with Gasteiger partial charge < -0.3 is 0 Å². The van der Waals surface area contributed by atoms with E-state index in [4.69, 9.17) is 0 Å². The molecule has 0 radical (unpaired) electrons. The molecule has 0 spiro atoms. The molecule has 0 N–H and O–H groups in total. The summed E-state index contributed by atoms with van der Waals surface area (Å²) in [6, 6.07) is 1.65. The number of hydrogen-bond donors (Lipinski definition) is 0. The van der Waals surface area contributed by atoms with Gasteiger partial charge in [0.05, 0.1) is 0 Å². The van der Waals surface area contributed by atoms with Gasteiger partial charge in [-0.05, 0) is 56.9 Å². The Kier molecular flexibility index (Phi) is 4.42. The minimum Gasteiger partial charge on any atom is -0.298 e. The van der Waals surface area contributed by atoms with Crippen LogP contribution in [0, 0.1) is 11.3 Å². The topological polar surface area (TPSA) is 6.48 Å². The lowest BCUT2D eigenvalue weighted by molar-refractivity contribution is 0.0206. The monoisotopic (exact) mass is 278 g/mol. The van der Waals surface area contributed by atoms with Gasteiger partial charge in [-0.2, -0.15) is 0 Å². The lowest BCUT2D eigenvalue weighted by Crippen LogP contribution is -2.57. The van der Waals surface area contributed by atoms with Crippen molar-refractivity contribution in [3.8, 4) is 0 Å². The summed E-state index contributed by atoms with van der Waals surface area (Å²) in [6.45, 7) is 12.7. The second kappa shape index (κ2) is 5.96. The molecule has 0 aromatic rings. The van der Waals surface area contributed by atoms with Gasteiger partial charge in [-0.3, -0.25) is 9.80 Å². The fourth-order valence-corrected chi connectivity index (χ4v) is 5.32. The van der Waals surface area contributed by atoms with Gasteiger partial charge in [-0.15, -0.1) is 0 Å². The number of fused-ring (bicyclic) bond motifs is 1. The molecule has 0 aromatic heterocycles. The number of nitrogens with zero attached hydrogens (tertiary/aromatic N) is 2. The fourth-order valence-electron chi connectivity index (χ4n) is 5.32. The van der Waals surface area contributed by atoms with Gasteiger partial charge in [-0.25, -0.2) is 0 Å². The van der Waals surface area contributed by atoms with E-state index < -0.39 is 0 Å². The SMILES string of the molecule is CC(C)CC1(CN2CC3CCCN3CC2C)CCCC1. The van der Waals surface area contributed by atoms with E-state index in [-0.39, 0.29) is 0 Å². The zero-order chi connectivity index (χ0) is 14.2. The summed E-state index contributed by atoms with van der Waals surface area (Å²) in [6.07, 6.45) is 10.3. The van der Waals surface area contributed by atoms with E-state index in [2.05, 4.69) is 30.6 Å². The van der Waals surface area contributed by atoms with Gasteiger partial charge >= 0.3 is 0 Å². The molecule has 20 heavy (non-hydrogen) atoms. The van der Waals surface area contributed by atoms with Gasteiger partial charge in [0.25, 0.3) is 0 Å². The maximum atomic E-state index is 2.86. The van der Waals surface area contributed by atoms with Crippen LogP contribution in [0.1, 0.15) is 65.7 Å². The molecule has 3 fully saturated rings. The predicted molar refractivity (Wildman–Crippen MR) is 86.0 cm³/mol. The first-order chi connectivity index (χ1) is 9.58. The molecule has 2 unspecified atom stereocenters. The molecule has 3 aliphatic rings. The van der Waals surface area contributed by atoms with E-state index in [9.17, 15) is 0 Å². The van der Waals surface area contributed by atoms with Crippen LogP contribution >= 0.6 is 0 Å². The Labute approximate surface area is 125 Å². The Morgan fingerprint density at radius 2 is 1.85 bits per heavy atom. The minimum absolute atomic E-state index is 0.656. The smallest absolute Gasteiger partial charge is 0.0224 e. The Hall–Kier alpha value is -0.0800. The van der Waals surface area contributed by atoms with Crippen LogP contribution in [0.25, 0.3) is 0 Å². The zero-order valence-electron chi connectivity index (χ0n) is 13.9. The largest absolute Gasteiger partial charge is 0.298 e. The second-order valence-electron chi connectivity index (χ2n) is 8.37. The van der Waals surface area contributed by atoms with Crippen LogP contribution in [0.2, 0.25) is 0 Å². The molecule has 2 nitrogen and oxygen atoms in total. The van der Waals surface area contributed by atoms with Crippen molar-refractivity contribution in [1.29, 1.82) is 0 Å². The van der Waals surface area contributed by atoms with E-state index in [1.54, 1.807) is 0 Å². The Balaban J connectivity index is 1.65. The van der Waals surface area contributed by atoms with Gasteiger partial charge in [0.1, 0.15) is 0 Å². The third-order valence-electron chi connectivity index (χ3n) is 6.11. The van der Waals surface area contributed by atoms with Gasteiger partial charge in [0, 0.05) is 31.7 Å². The minimum atomic E-state index is 0.656. The van der Waals surface area contributed by atoms with Crippen molar-refractivity contribution in [2.24, 2.45) is 11.3 Å². The van der Waals surface area contributed by atoms with Crippen LogP contribution in [-0.4, -0.2) is 48.1 Å². The highest BCUT2D eigenvalue weighted by molar-refractivity contribution is 4.95. The molecule has 116 valence electrons. The molecular formula is C18H34N2. The normalized spacial score (nSPS) is 34.8. The molecular weight excluding hydrogens is 244 g/mol. The van der Waals surface area contributed by atoms with Crippen molar-refractivity contribution >= 4 is 0 Å². The summed E-state index contributed by atoms with van der Waals surface area (Å²) in [4.78, 5) is 5.62. The van der Waals surface area contributed by atoms with E-state index in [0.29, 0.717) is 5.41 Å². The maximum absolute atomic E-state index is 2.86. The van der Waals surface area contributed by atoms with E-state index in [0.717, 1.165) is 18.0 Å². The molecule has 3 rings (SSSR count). The molecule has 1 saturated carbocycles. The molecule has 0 bridgehead atoms. The van der Waals surface area contributed by atoms with Crippen LogP contribution in [-0.2, 0) is 0 Å². The summed E-state index contributed by atoms with van der Waals surface area (Å²) in [5.74, 6) is 0.858. The van der Waals surface area contributed by atoms with Crippen LogP contribution in [0.4, 0.5) is 0 Å². The lowest BCUT2D eigenvalue weighted by Gasteiger charge is -2.46. The highest BCUT2D eigenvalue weighted by atomic mass is 15.3. The van der Waals surface area contributed by atoms with E-state index in [1.807, 2.05) is 0 Å². The lowest BCUT2D eigenvalue weighted by atomic mass is 9.77. The summed E-state index contributed by atoms with van der Waals surface area (Å²) in [7, 11) is 0. The molecule has 2 heterocycles. The highest BCUT2D eigenvalue weighted by Gasteiger charge is 2.40. The molecule has 0 amide bonds. The van der Waals surface area contributed by atoms with Crippen molar-refractivity contribution in [3.05, 3.63) is 0 Å². The summed E-state index contributed by atoms with van der Waals surface area (Å²) in [5, 5.41) is 0. The van der Waals surface area contributed by atoms with Crippen molar-refractivity contribution in [3.63, 3.8) is 0 Å². The van der Waals surface area contributed by atoms with Gasteiger partial charge in [0.15, 0.2) is 0 Å². The number of rotatable bonds is 4. The highest BCUT2D eigenvalue weighted by Crippen LogP contribution is 2.44. The van der Waals surface area contributed by atoms with Crippen molar-refractivity contribution < 1.29 is 0 Å². The quantitative estimate of drug-likeness (QED) is 0.772. The molecule has 2 aliphatic heterocycles. The molecule has 2 atom stereocenters. The third kappa shape index (κ3) is 3.06. The van der Waals surface area contributed by atoms with Gasteiger partial charge in [-0.1, -0.05) is 26.7 Å². The zero-order valence-corrected chi connectivity index (χ0v) is 13.9. The average molecular weight is 278 g/mol. The summed E-state index contributed by atoms with van der Waals surface area (Å²) in [5.41, 5.74) is 0.656. The summed E-state index contributed by atoms with van der Waals surface area (Å²) < 4.78 is 0. The van der Waals surface area contributed by atoms with Crippen LogP contribution < -0.4 is 0 Å².